The molecule has 5 nitrogen and oxygen atoms in total. The molecule has 1 atom stereocenters. The number of hydrogen-bond donors (Lipinski definition) is 3. The molecule has 0 spiro atoms. The number of aromatic nitrogens is 1. The summed E-state index contributed by atoms with van der Waals surface area (Å²) in [6.07, 6.45) is 3.36. The summed E-state index contributed by atoms with van der Waals surface area (Å²) in [5.74, 6) is -0.00459. The molecule has 0 bridgehead atoms. The summed E-state index contributed by atoms with van der Waals surface area (Å²) in [5, 5.41) is 14.8. The Kier molecular flexibility index (Phi) is 6.21. The van der Waals surface area contributed by atoms with E-state index in [0.717, 1.165) is 5.56 Å². The van der Waals surface area contributed by atoms with E-state index in [9.17, 15) is 4.79 Å². The Bertz CT molecular complexity index is 328. The third-order valence-electron chi connectivity index (χ3n) is 2.18. The van der Waals surface area contributed by atoms with E-state index in [1.807, 2.05) is 12.1 Å². The zero-order chi connectivity index (χ0) is 12.5. The van der Waals surface area contributed by atoms with Crippen molar-refractivity contribution in [3.8, 4) is 0 Å². The van der Waals surface area contributed by atoms with Crippen LogP contribution < -0.4 is 10.6 Å². The Morgan fingerprint density at radius 2 is 2.12 bits per heavy atom. The summed E-state index contributed by atoms with van der Waals surface area (Å²) in [6, 6.07) is 3.65. The predicted octanol–water partition coefficient (Wildman–Crippen LogP) is -0.289. The Morgan fingerprint density at radius 1 is 1.41 bits per heavy atom. The number of nitrogens with zero attached hydrogens (tertiary/aromatic N) is 1. The fourth-order valence-corrected chi connectivity index (χ4v) is 1.35. The van der Waals surface area contributed by atoms with Gasteiger partial charge in [0.2, 0.25) is 5.91 Å². The molecule has 0 saturated heterocycles. The maximum absolute atomic E-state index is 11.5. The van der Waals surface area contributed by atoms with Gasteiger partial charge in [0.25, 0.3) is 0 Å². The Balaban J connectivity index is 2.10. The van der Waals surface area contributed by atoms with Crippen molar-refractivity contribution in [2.45, 2.75) is 19.4 Å². The number of rotatable bonds is 7. The van der Waals surface area contributed by atoms with Crippen molar-refractivity contribution < 1.29 is 9.90 Å². The molecule has 1 heterocycles. The zero-order valence-corrected chi connectivity index (χ0v) is 10.0. The van der Waals surface area contributed by atoms with Crippen LogP contribution in [0.25, 0.3) is 0 Å². The van der Waals surface area contributed by atoms with E-state index in [0.29, 0.717) is 26.1 Å². The van der Waals surface area contributed by atoms with Crippen molar-refractivity contribution in [3.63, 3.8) is 0 Å². The monoisotopic (exact) mass is 237 g/mol. The molecule has 5 heteroatoms. The molecule has 1 amide bonds. The van der Waals surface area contributed by atoms with Gasteiger partial charge in [-0.05, 0) is 24.6 Å². The van der Waals surface area contributed by atoms with E-state index in [1.165, 1.54) is 0 Å². The van der Waals surface area contributed by atoms with Gasteiger partial charge in [0, 0.05) is 32.0 Å². The van der Waals surface area contributed by atoms with Crippen molar-refractivity contribution in [1.29, 1.82) is 0 Å². The van der Waals surface area contributed by atoms with Crippen LogP contribution in [0.3, 0.4) is 0 Å². The largest absolute Gasteiger partial charge is 0.392 e. The third-order valence-corrected chi connectivity index (χ3v) is 2.18. The van der Waals surface area contributed by atoms with Gasteiger partial charge in [-0.15, -0.1) is 0 Å². The SMILES string of the molecule is CC(O)CNCCNC(=O)Cc1ccncc1. The standard InChI is InChI=1S/C12H19N3O2/c1-10(16)9-14-6-7-15-12(17)8-11-2-4-13-5-3-11/h2-5,10,14,16H,6-9H2,1H3,(H,15,17). The normalized spacial score (nSPS) is 12.1. The highest BCUT2D eigenvalue weighted by Gasteiger charge is 2.02. The summed E-state index contributed by atoms with van der Waals surface area (Å²) in [5.41, 5.74) is 0.953. The molecule has 1 aromatic rings. The molecule has 1 aromatic heterocycles. The molecule has 0 saturated carbocycles. The number of aliphatic hydroxyl groups is 1. The molecule has 1 unspecified atom stereocenters. The number of aliphatic hydroxyl groups excluding tert-OH is 1. The van der Waals surface area contributed by atoms with Crippen LogP contribution in [0.15, 0.2) is 24.5 Å². The smallest absolute Gasteiger partial charge is 0.224 e. The minimum atomic E-state index is -0.359. The average molecular weight is 237 g/mol. The molecule has 17 heavy (non-hydrogen) atoms. The topological polar surface area (TPSA) is 74.2 Å². The van der Waals surface area contributed by atoms with Gasteiger partial charge >= 0.3 is 0 Å². The van der Waals surface area contributed by atoms with Gasteiger partial charge in [-0.25, -0.2) is 0 Å². The first-order valence-electron chi connectivity index (χ1n) is 5.73. The minimum Gasteiger partial charge on any atom is -0.392 e. The van der Waals surface area contributed by atoms with Gasteiger partial charge in [-0.3, -0.25) is 9.78 Å². The van der Waals surface area contributed by atoms with Gasteiger partial charge < -0.3 is 15.7 Å². The van der Waals surface area contributed by atoms with Gasteiger partial charge in [-0.2, -0.15) is 0 Å². The quantitative estimate of drug-likeness (QED) is 0.570. The van der Waals surface area contributed by atoms with Gasteiger partial charge in [0.1, 0.15) is 0 Å². The van der Waals surface area contributed by atoms with Gasteiger partial charge in [-0.1, -0.05) is 0 Å². The highest BCUT2D eigenvalue weighted by atomic mass is 16.3. The Hall–Kier alpha value is -1.46. The van der Waals surface area contributed by atoms with E-state index < -0.39 is 0 Å². The van der Waals surface area contributed by atoms with Crippen molar-refractivity contribution in [1.82, 2.24) is 15.6 Å². The van der Waals surface area contributed by atoms with Crippen molar-refractivity contribution in [2.24, 2.45) is 0 Å². The lowest BCUT2D eigenvalue weighted by molar-refractivity contribution is -0.120. The maximum atomic E-state index is 11.5. The minimum absolute atomic E-state index is 0.00459. The molecule has 0 aliphatic heterocycles. The Labute approximate surface area is 101 Å². The lowest BCUT2D eigenvalue weighted by Crippen LogP contribution is -2.35. The van der Waals surface area contributed by atoms with Crippen LogP contribution in [0, 0.1) is 0 Å². The van der Waals surface area contributed by atoms with E-state index in [4.69, 9.17) is 5.11 Å². The summed E-state index contributed by atoms with van der Waals surface area (Å²) < 4.78 is 0. The average Bonchev–Trinajstić information content (AvgIpc) is 2.29. The lowest BCUT2D eigenvalue weighted by atomic mass is 10.2. The molecule has 0 fully saturated rings. The number of amides is 1. The molecule has 94 valence electrons. The van der Waals surface area contributed by atoms with Crippen LogP contribution >= 0.6 is 0 Å². The van der Waals surface area contributed by atoms with E-state index >= 15 is 0 Å². The van der Waals surface area contributed by atoms with Crippen LogP contribution in [0.1, 0.15) is 12.5 Å². The van der Waals surface area contributed by atoms with E-state index in [-0.39, 0.29) is 12.0 Å². The molecule has 0 radical (unpaired) electrons. The van der Waals surface area contributed by atoms with Crippen molar-refractivity contribution in [2.75, 3.05) is 19.6 Å². The second-order valence-corrected chi connectivity index (χ2v) is 3.94. The zero-order valence-electron chi connectivity index (χ0n) is 10.0. The molecule has 1 rings (SSSR count). The number of nitrogens with one attached hydrogen (secondary N) is 2. The second-order valence-electron chi connectivity index (χ2n) is 3.94. The van der Waals surface area contributed by atoms with Crippen molar-refractivity contribution in [3.05, 3.63) is 30.1 Å². The number of pyridine rings is 1. The fraction of sp³-hybridized carbons (Fsp3) is 0.500. The van der Waals surface area contributed by atoms with Crippen LogP contribution in [0.2, 0.25) is 0 Å². The van der Waals surface area contributed by atoms with Gasteiger partial charge in [0.15, 0.2) is 0 Å². The molecule has 0 aromatic carbocycles. The van der Waals surface area contributed by atoms with Crippen LogP contribution in [-0.2, 0) is 11.2 Å². The van der Waals surface area contributed by atoms with E-state index in [2.05, 4.69) is 15.6 Å². The molecular formula is C12H19N3O2. The molecule has 0 aliphatic carbocycles. The lowest BCUT2D eigenvalue weighted by Gasteiger charge is -2.08. The molecule has 0 aliphatic rings. The highest BCUT2D eigenvalue weighted by molar-refractivity contribution is 5.78. The van der Waals surface area contributed by atoms with Crippen molar-refractivity contribution >= 4 is 5.91 Å². The second kappa shape index (κ2) is 7.76. The summed E-state index contributed by atoms with van der Waals surface area (Å²) >= 11 is 0. The number of carbonyl (C=O) groups excluding carboxylic acids is 1. The van der Waals surface area contributed by atoms with Crippen LogP contribution in [-0.4, -0.2) is 41.7 Å². The van der Waals surface area contributed by atoms with Crippen LogP contribution in [0.5, 0.6) is 0 Å². The first-order valence-corrected chi connectivity index (χ1v) is 5.73. The van der Waals surface area contributed by atoms with E-state index in [1.54, 1.807) is 19.3 Å². The summed E-state index contributed by atoms with van der Waals surface area (Å²) in [4.78, 5) is 15.4. The molecule has 3 N–H and O–H groups in total. The predicted molar refractivity (Wildman–Crippen MR) is 65.5 cm³/mol. The highest BCUT2D eigenvalue weighted by Crippen LogP contribution is 1.96. The molecular weight excluding hydrogens is 218 g/mol. The summed E-state index contributed by atoms with van der Waals surface area (Å²) in [7, 11) is 0. The maximum Gasteiger partial charge on any atom is 0.224 e. The van der Waals surface area contributed by atoms with Gasteiger partial charge in [0.05, 0.1) is 12.5 Å². The number of carbonyl (C=O) groups is 1. The first-order chi connectivity index (χ1) is 8.18. The Morgan fingerprint density at radius 3 is 2.76 bits per heavy atom. The third kappa shape index (κ3) is 6.65. The number of hydrogen-bond acceptors (Lipinski definition) is 4. The van der Waals surface area contributed by atoms with Crippen LogP contribution in [0.4, 0.5) is 0 Å². The fourth-order valence-electron chi connectivity index (χ4n) is 1.35. The summed E-state index contributed by atoms with van der Waals surface area (Å²) in [6.45, 7) is 3.48. The first kappa shape index (κ1) is 13.6.